The van der Waals surface area contributed by atoms with Crippen LogP contribution in [0.15, 0.2) is 71.9 Å². The molecule has 30 heavy (non-hydrogen) atoms. The number of nitrogens with zero attached hydrogens (tertiary/aromatic N) is 2. The molecule has 0 saturated heterocycles. The van der Waals surface area contributed by atoms with Crippen LogP contribution in [0, 0.1) is 0 Å². The molecule has 3 aromatic rings. The van der Waals surface area contributed by atoms with Crippen molar-refractivity contribution >= 4 is 33.3 Å². The second-order valence-corrected chi connectivity index (χ2v) is 7.27. The van der Waals surface area contributed by atoms with Crippen LogP contribution in [-0.2, 0) is 37.1 Å². The molecule has 0 fully saturated rings. The molecule has 0 spiro atoms. The fourth-order valence-corrected chi connectivity index (χ4v) is 2.97. The number of sulfonamides is 1. The van der Waals surface area contributed by atoms with Gasteiger partial charge >= 0.3 is 5.97 Å². The van der Waals surface area contributed by atoms with Crippen LogP contribution in [0.2, 0.25) is 0 Å². The molecule has 5 N–H and O–H groups in total. The van der Waals surface area contributed by atoms with Crippen LogP contribution in [0.5, 0.6) is 0 Å². The molecule has 0 aliphatic carbocycles. The van der Waals surface area contributed by atoms with Crippen LogP contribution < -0.4 is 16.2 Å². The maximum Gasteiger partial charge on any atom is 0.338 e. The Kier molecular flexibility index (Phi) is 9.99. The monoisotopic (exact) mass is 522 g/mol. The van der Waals surface area contributed by atoms with Crippen molar-refractivity contribution in [1.82, 2.24) is 9.97 Å². The van der Waals surface area contributed by atoms with Gasteiger partial charge in [0.15, 0.2) is 0 Å². The van der Waals surface area contributed by atoms with Gasteiger partial charge in [-0.15, -0.1) is 0 Å². The van der Waals surface area contributed by atoms with Gasteiger partial charge in [-0.05, 0) is 61.5 Å². The number of hydrogen-bond acceptors (Lipinski definition) is 8. The summed E-state index contributed by atoms with van der Waals surface area (Å²) in [6, 6.07) is 14.1. The normalized spacial score (nSPS) is 10.0. The zero-order valence-corrected chi connectivity index (χ0v) is 18.2. The summed E-state index contributed by atoms with van der Waals surface area (Å²) in [5.41, 5.74) is 12.6. The summed E-state index contributed by atoms with van der Waals surface area (Å²) in [5, 5.41) is 0. The molecular weight excluding hydrogens is 502 g/mol. The van der Waals surface area contributed by atoms with E-state index in [-0.39, 0.29) is 39.2 Å². The van der Waals surface area contributed by atoms with Gasteiger partial charge in [0, 0.05) is 46.1 Å². The molecule has 163 valence electrons. The molecule has 0 atom stereocenters. The van der Waals surface area contributed by atoms with Crippen molar-refractivity contribution in [2.45, 2.75) is 11.8 Å². The van der Waals surface area contributed by atoms with Crippen LogP contribution in [0.25, 0.3) is 0 Å². The van der Waals surface area contributed by atoms with E-state index in [0.29, 0.717) is 23.5 Å². The summed E-state index contributed by atoms with van der Waals surface area (Å²) in [6.07, 6.45) is 2.90. The summed E-state index contributed by atoms with van der Waals surface area (Å²) < 4.78 is 30.8. The number of nitrogens with two attached hydrogens (primary N) is 2. The molecule has 0 aliphatic heterocycles. The maximum absolute atomic E-state index is 11.9. The molecule has 2 aromatic carbocycles. The van der Waals surface area contributed by atoms with Crippen molar-refractivity contribution in [3.05, 3.63) is 72.6 Å². The van der Waals surface area contributed by atoms with E-state index in [1.807, 2.05) is 0 Å². The number of carbonyl (C=O) groups excluding carboxylic acids is 1. The first-order chi connectivity index (χ1) is 13.8. The SMILES string of the molecule is CCOC(=O)c1ccc(N)cc1.Nc1ccc(S(=O)(=O)Nc2ncccn2)cc1.[Ag]. The van der Waals surface area contributed by atoms with E-state index in [1.54, 1.807) is 37.3 Å². The topological polar surface area (TPSA) is 150 Å². The van der Waals surface area contributed by atoms with E-state index in [1.165, 1.54) is 36.7 Å². The molecule has 11 heteroatoms. The van der Waals surface area contributed by atoms with Crippen LogP contribution in [-0.4, -0.2) is 31.0 Å². The van der Waals surface area contributed by atoms with E-state index in [2.05, 4.69) is 14.7 Å². The number of ether oxygens (including phenoxy) is 1. The third kappa shape index (κ3) is 7.84. The second-order valence-electron chi connectivity index (χ2n) is 5.59. The van der Waals surface area contributed by atoms with Gasteiger partial charge in [0.2, 0.25) is 5.95 Å². The van der Waals surface area contributed by atoms with Gasteiger partial charge in [-0.2, -0.15) is 0 Å². The summed E-state index contributed by atoms with van der Waals surface area (Å²) in [5.74, 6) is -0.276. The Hall–Kier alpha value is -2.92. The van der Waals surface area contributed by atoms with E-state index in [9.17, 15) is 13.2 Å². The first kappa shape index (κ1) is 25.1. The Morgan fingerprint density at radius 2 is 1.47 bits per heavy atom. The number of hydrogen-bond donors (Lipinski definition) is 3. The number of esters is 1. The van der Waals surface area contributed by atoms with Crippen LogP contribution in [0.3, 0.4) is 0 Å². The third-order valence-electron chi connectivity index (χ3n) is 3.40. The molecule has 0 bridgehead atoms. The average molecular weight is 523 g/mol. The fourth-order valence-electron chi connectivity index (χ4n) is 2.01. The van der Waals surface area contributed by atoms with Crippen LogP contribution in [0.1, 0.15) is 17.3 Å². The number of nitrogen functional groups attached to an aromatic ring is 2. The minimum absolute atomic E-state index is 0. The summed E-state index contributed by atoms with van der Waals surface area (Å²) in [7, 11) is -3.66. The second kappa shape index (κ2) is 11.9. The Morgan fingerprint density at radius 3 is 1.97 bits per heavy atom. The average Bonchev–Trinajstić information content (AvgIpc) is 2.70. The molecule has 1 aromatic heterocycles. The Labute approximate surface area is 190 Å². The Balaban J connectivity index is 0.000000308. The van der Waals surface area contributed by atoms with E-state index >= 15 is 0 Å². The van der Waals surface area contributed by atoms with Gasteiger partial charge in [-0.25, -0.2) is 27.9 Å². The fraction of sp³-hybridized carbons (Fsp3) is 0.105. The number of nitrogens with one attached hydrogen (secondary N) is 1. The first-order valence-corrected chi connectivity index (χ1v) is 9.98. The standard InChI is InChI=1S/C10H10N4O2S.C9H11NO2.Ag/c11-8-2-4-9(5-3-8)17(15,16)14-10-12-6-1-7-13-10;1-2-12-9(11)7-3-5-8(10)6-4-7;/h1-7H,11H2,(H,12,13,14);3-6H,2,10H2,1H3;. The van der Waals surface area contributed by atoms with Gasteiger partial charge in [-0.1, -0.05) is 0 Å². The molecule has 1 radical (unpaired) electrons. The minimum Gasteiger partial charge on any atom is -0.462 e. The number of carbonyl (C=O) groups is 1. The number of benzene rings is 2. The van der Waals surface area contributed by atoms with E-state index in [0.717, 1.165) is 0 Å². The van der Waals surface area contributed by atoms with Crippen molar-refractivity contribution < 1.29 is 40.3 Å². The summed E-state index contributed by atoms with van der Waals surface area (Å²) in [6.45, 7) is 2.17. The zero-order valence-electron chi connectivity index (χ0n) is 15.9. The molecule has 3 rings (SSSR count). The third-order valence-corrected chi connectivity index (χ3v) is 4.75. The Bertz CT molecular complexity index is 1030. The zero-order chi connectivity index (χ0) is 21.3. The van der Waals surface area contributed by atoms with Crippen LogP contribution >= 0.6 is 0 Å². The minimum atomic E-state index is -3.66. The maximum atomic E-state index is 11.9. The molecular formula is C19H21AgN5O4S. The van der Waals surface area contributed by atoms with Gasteiger partial charge in [0.1, 0.15) is 0 Å². The molecule has 0 saturated carbocycles. The van der Waals surface area contributed by atoms with E-state index in [4.69, 9.17) is 16.2 Å². The van der Waals surface area contributed by atoms with Crippen molar-refractivity contribution in [2.24, 2.45) is 0 Å². The smallest absolute Gasteiger partial charge is 0.338 e. The number of rotatable bonds is 5. The van der Waals surface area contributed by atoms with Crippen molar-refractivity contribution in [2.75, 3.05) is 22.8 Å². The van der Waals surface area contributed by atoms with Crippen LogP contribution in [0.4, 0.5) is 17.3 Å². The van der Waals surface area contributed by atoms with Gasteiger partial charge in [-0.3, -0.25) is 0 Å². The van der Waals surface area contributed by atoms with Crippen molar-refractivity contribution in [3.63, 3.8) is 0 Å². The van der Waals surface area contributed by atoms with E-state index < -0.39 is 10.0 Å². The Morgan fingerprint density at radius 1 is 0.967 bits per heavy atom. The predicted molar refractivity (Wildman–Crippen MR) is 111 cm³/mol. The molecule has 1 heterocycles. The van der Waals surface area contributed by atoms with Gasteiger partial charge in [0.05, 0.1) is 17.1 Å². The van der Waals surface area contributed by atoms with Gasteiger partial charge < -0.3 is 16.2 Å². The largest absolute Gasteiger partial charge is 0.462 e. The molecule has 0 unspecified atom stereocenters. The molecule has 0 aliphatic rings. The number of aromatic nitrogens is 2. The number of anilines is 3. The van der Waals surface area contributed by atoms with Gasteiger partial charge in [0.25, 0.3) is 10.0 Å². The van der Waals surface area contributed by atoms with Crippen molar-refractivity contribution in [3.8, 4) is 0 Å². The first-order valence-electron chi connectivity index (χ1n) is 8.50. The molecule has 9 nitrogen and oxygen atoms in total. The summed E-state index contributed by atoms with van der Waals surface area (Å²) in [4.78, 5) is 18.8. The molecule has 0 amide bonds. The quantitative estimate of drug-likeness (QED) is 0.262. The van der Waals surface area contributed by atoms with Crippen molar-refractivity contribution in [1.29, 1.82) is 0 Å². The summed E-state index contributed by atoms with van der Waals surface area (Å²) >= 11 is 0. The predicted octanol–water partition coefficient (Wildman–Crippen LogP) is 2.30.